The Morgan fingerprint density at radius 3 is 2.61 bits per heavy atom. The Hall–Kier alpha value is -0.870. The highest BCUT2D eigenvalue weighted by Gasteiger charge is 2.15. The largest absolute Gasteiger partial charge is 0.395 e. The molecule has 1 N–H and O–H groups in total. The maximum atomic E-state index is 9.17. The fraction of sp³-hybridized carbons (Fsp3) is 0.692. The van der Waals surface area contributed by atoms with Crippen LogP contribution in [0.4, 0.5) is 5.82 Å². The monoisotopic (exact) mass is 271 g/mol. The fourth-order valence-electron chi connectivity index (χ4n) is 1.91. The van der Waals surface area contributed by atoms with E-state index >= 15 is 0 Å². The van der Waals surface area contributed by atoms with E-state index in [1.165, 1.54) is 6.33 Å². The molecule has 1 aromatic rings. The average Bonchev–Trinajstić information content (AvgIpc) is 2.37. The van der Waals surface area contributed by atoms with Gasteiger partial charge in [-0.3, -0.25) is 0 Å². The topological polar surface area (TPSA) is 49.2 Å². The molecular weight excluding hydrogens is 250 g/mol. The maximum absolute atomic E-state index is 9.17. The third-order valence-corrected chi connectivity index (χ3v) is 3.15. The van der Waals surface area contributed by atoms with Crippen LogP contribution in [-0.2, 0) is 6.42 Å². The van der Waals surface area contributed by atoms with Gasteiger partial charge in [0.15, 0.2) is 0 Å². The quantitative estimate of drug-likeness (QED) is 0.739. The minimum atomic E-state index is 0.122. The first-order chi connectivity index (χ1) is 8.74. The van der Waals surface area contributed by atoms with Gasteiger partial charge >= 0.3 is 0 Å². The Bertz CT molecular complexity index is 360. The molecule has 5 heteroatoms. The molecule has 102 valence electrons. The number of hydrogen-bond donors (Lipinski definition) is 1. The summed E-state index contributed by atoms with van der Waals surface area (Å²) in [5, 5.41) is 9.70. The summed E-state index contributed by atoms with van der Waals surface area (Å²) in [4.78, 5) is 10.5. The summed E-state index contributed by atoms with van der Waals surface area (Å²) in [6, 6.07) is 0. The van der Waals surface area contributed by atoms with Crippen molar-refractivity contribution in [2.45, 2.75) is 39.5 Å². The highest BCUT2D eigenvalue weighted by Crippen LogP contribution is 2.24. The van der Waals surface area contributed by atoms with Crippen molar-refractivity contribution in [3.05, 3.63) is 17.0 Å². The Kier molecular flexibility index (Phi) is 6.98. The first kappa shape index (κ1) is 15.2. The van der Waals surface area contributed by atoms with Gasteiger partial charge in [0.2, 0.25) is 0 Å². The second kappa shape index (κ2) is 8.27. The van der Waals surface area contributed by atoms with Crippen molar-refractivity contribution in [1.29, 1.82) is 0 Å². The van der Waals surface area contributed by atoms with E-state index in [1.54, 1.807) is 0 Å². The van der Waals surface area contributed by atoms with Gasteiger partial charge in [-0.25, -0.2) is 9.97 Å². The zero-order valence-corrected chi connectivity index (χ0v) is 11.9. The number of aliphatic hydroxyl groups excluding tert-OH is 1. The van der Waals surface area contributed by atoms with E-state index < -0.39 is 0 Å². The molecule has 1 aromatic heterocycles. The molecule has 4 nitrogen and oxygen atoms in total. The van der Waals surface area contributed by atoms with Crippen LogP contribution in [-0.4, -0.2) is 34.8 Å². The van der Waals surface area contributed by atoms with Gasteiger partial charge in [-0.15, -0.1) is 0 Å². The number of anilines is 1. The van der Waals surface area contributed by atoms with E-state index in [0.717, 1.165) is 43.6 Å². The highest BCUT2D eigenvalue weighted by atomic mass is 35.5. The number of aromatic nitrogens is 2. The molecule has 1 rings (SSSR count). The van der Waals surface area contributed by atoms with Crippen molar-refractivity contribution >= 4 is 17.4 Å². The normalized spacial score (nSPS) is 10.7. The third-order valence-electron chi connectivity index (χ3n) is 2.82. The molecule has 0 unspecified atom stereocenters. The van der Waals surface area contributed by atoms with Crippen molar-refractivity contribution in [2.24, 2.45) is 0 Å². The van der Waals surface area contributed by atoms with Crippen LogP contribution in [0.25, 0.3) is 0 Å². The number of hydrogen-bond acceptors (Lipinski definition) is 4. The summed E-state index contributed by atoms with van der Waals surface area (Å²) in [5.41, 5.74) is 0.992. The van der Waals surface area contributed by atoms with Crippen molar-refractivity contribution in [3.8, 4) is 0 Å². The first-order valence-corrected chi connectivity index (χ1v) is 6.97. The van der Waals surface area contributed by atoms with Crippen LogP contribution >= 0.6 is 11.6 Å². The summed E-state index contributed by atoms with van der Waals surface area (Å²) in [6.45, 7) is 5.86. The molecule has 0 aromatic carbocycles. The van der Waals surface area contributed by atoms with Gasteiger partial charge in [-0.05, 0) is 12.8 Å². The van der Waals surface area contributed by atoms with E-state index in [4.69, 9.17) is 16.7 Å². The first-order valence-electron chi connectivity index (χ1n) is 6.59. The van der Waals surface area contributed by atoms with Crippen LogP contribution in [0.2, 0.25) is 5.15 Å². The molecular formula is C13H22ClN3O. The maximum Gasteiger partial charge on any atom is 0.137 e. The zero-order valence-electron chi connectivity index (χ0n) is 11.2. The molecule has 0 aliphatic heterocycles. The summed E-state index contributed by atoms with van der Waals surface area (Å²) in [7, 11) is 0. The average molecular weight is 272 g/mol. The van der Waals surface area contributed by atoms with Gasteiger partial charge in [-0.2, -0.15) is 0 Å². The van der Waals surface area contributed by atoms with Gasteiger partial charge in [0.25, 0.3) is 0 Å². The Balaban J connectivity index is 2.97. The van der Waals surface area contributed by atoms with Crippen molar-refractivity contribution < 1.29 is 5.11 Å². The fourth-order valence-corrected chi connectivity index (χ4v) is 2.14. The van der Waals surface area contributed by atoms with Crippen LogP contribution in [0, 0.1) is 0 Å². The van der Waals surface area contributed by atoms with Gasteiger partial charge in [0, 0.05) is 18.7 Å². The molecule has 0 atom stereocenters. The molecule has 1 heterocycles. The summed E-state index contributed by atoms with van der Waals surface area (Å²) in [6.07, 6.45) is 5.55. The standard InChI is InChI=1S/C13H22ClN3O/c1-3-5-7-17(8-9-18)13-11(6-4-2)12(14)15-10-16-13/h10,18H,3-9H2,1-2H3. The van der Waals surface area contributed by atoms with Gasteiger partial charge in [0.05, 0.1) is 6.61 Å². The molecule has 0 saturated heterocycles. The number of nitrogens with zero attached hydrogens (tertiary/aromatic N) is 3. The zero-order chi connectivity index (χ0) is 13.4. The lowest BCUT2D eigenvalue weighted by atomic mass is 10.1. The number of aliphatic hydroxyl groups is 1. The molecule has 0 aliphatic carbocycles. The van der Waals surface area contributed by atoms with Crippen LogP contribution in [0.5, 0.6) is 0 Å². The number of halogens is 1. The van der Waals surface area contributed by atoms with Gasteiger partial charge in [-0.1, -0.05) is 38.3 Å². The van der Waals surface area contributed by atoms with Crippen LogP contribution in [0.15, 0.2) is 6.33 Å². The van der Waals surface area contributed by atoms with Crippen molar-refractivity contribution in [3.63, 3.8) is 0 Å². The predicted octanol–water partition coefficient (Wildman–Crippen LogP) is 2.68. The van der Waals surface area contributed by atoms with Crippen LogP contribution < -0.4 is 4.90 Å². The number of unbranched alkanes of at least 4 members (excludes halogenated alkanes) is 1. The van der Waals surface area contributed by atoms with Crippen LogP contribution in [0.1, 0.15) is 38.7 Å². The van der Waals surface area contributed by atoms with Gasteiger partial charge in [0.1, 0.15) is 17.3 Å². The lowest BCUT2D eigenvalue weighted by molar-refractivity contribution is 0.301. The van der Waals surface area contributed by atoms with Crippen molar-refractivity contribution in [2.75, 3.05) is 24.6 Å². The molecule has 18 heavy (non-hydrogen) atoms. The molecule has 0 fully saturated rings. The smallest absolute Gasteiger partial charge is 0.137 e. The summed E-state index contributed by atoms with van der Waals surface area (Å²) >= 11 is 6.15. The third kappa shape index (κ3) is 4.10. The van der Waals surface area contributed by atoms with E-state index in [-0.39, 0.29) is 6.61 Å². The van der Waals surface area contributed by atoms with E-state index in [2.05, 4.69) is 28.7 Å². The summed E-state index contributed by atoms with van der Waals surface area (Å²) in [5.74, 6) is 0.874. The molecule has 0 radical (unpaired) electrons. The van der Waals surface area contributed by atoms with E-state index in [1.807, 2.05) is 0 Å². The highest BCUT2D eigenvalue weighted by molar-refractivity contribution is 6.30. The molecule has 0 spiro atoms. The lowest BCUT2D eigenvalue weighted by Gasteiger charge is -2.25. The Morgan fingerprint density at radius 1 is 1.22 bits per heavy atom. The molecule has 0 amide bonds. The molecule has 0 bridgehead atoms. The second-order valence-corrected chi connectivity index (χ2v) is 4.64. The SMILES string of the molecule is CCCCN(CCO)c1ncnc(Cl)c1CCC. The minimum Gasteiger partial charge on any atom is -0.395 e. The predicted molar refractivity (Wildman–Crippen MR) is 75.2 cm³/mol. The van der Waals surface area contributed by atoms with Gasteiger partial charge < -0.3 is 10.0 Å². The molecule has 0 saturated carbocycles. The van der Waals surface area contributed by atoms with E-state index in [0.29, 0.717) is 11.7 Å². The number of rotatable bonds is 8. The lowest BCUT2D eigenvalue weighted by Crippen LogP contribution is -2.29. The van der Waals surface area contributed by atoms with Crippen molar-refractivity contribution in [1.82, 2.24) is 9.97 Å². The Labute approximate surface area is 114 Å². The Morgan fingerprint density at radius 2 is 2.00 bits per heavy atom. The summed E-state index contributed by atoms with van der Waals surface area (Å²) < 4.78 is 0. The minimum absolute atomic E-state index is 0.122. The molecule has 0 aliphatic rings. The van der Waals surface area contributed by atoms with E-state index in [9.17, 15) is 0 Å². The second-order valence-electron chi connectivity index (χ2n) is 4.28. The van der Waals surface area contributed by atoms with Crippen LogP contribution in [0.3, 0.4) is 0 Å².